The van der Waals surface area contributed by atoms with Crippen LogP contribution in [0, 0.1) is 3.57 Å². The zero-order valence-electron chi connectivity index (χ0n) is 7.18. The van der Waals surface area contributed by atoms with Crippen LogP contribution in [0.2, 0.25) is 0 Å². The highest BCUT2D eigenvalue weighted by atomic mass is 127. The van der Waals surface area contributed by atoms with Crippen LogP contribution in [0.4, 0.5) is 8.78 Å². The molecule has 1 aromatic heterocycles. The number of carbonyl (C=O) groups is 1. The van der Waals surface area contributed by atoms with E-state index in [1.54, 1.807) is 22.6 Å². The lowest BCUT2D eigenvalue weighted by Crippen LogP contribution is -2.09. The van der Waals surface area contributed by atoms with Crippen molar-refractivity contribution in [2.45, 2.75) is 11.8 Å². The quantitative estimate of drug-likeness (QED) is 0.635. The van der Waals surface area contributed by atoms with E-state index in [0.29, 0.717) is 5.56 Å². The van der Waals surface area contributed by atoms with Crippen molar-refractivity contribution in [3.63, 3.8) is 0 Å². The summed E-state index contributed by atoms with van der Waals surface area (Å²) >= 11 is 4.62. The third-order valence-electron chi connectivity index (χ3n) is 1.70. The molecule has 0 spiro atoms. The molecule has 82 valence electrons. The SMILES string of the molecule is O=C(O)c1ncc(CBr)c(C(F)F)c1I. The molecule has 1 rings (SSSR count). The van der Waals surface area contributed by atoms with Crippen molar-refractivity contribution in [2.75, 3.05) is 0 Å². The molecular formula is C8H5BrF2INO2. The van der Waals surface area contributed by atoms with E-state index in [0.717, 1.165) is 6.20 Å². The van der Waals surface area contributed by atoms with Crippen LogP contribution >= 0.6 is 38.5 Å². The molecule has 0 aliphatic heterocycles. The Bertz CT molecular complexity index is 400. The zero-order valence-corrected chi connectivity index (χ0v) is 10.9. The highest BCUT2D eigenvalue weighted by Crippen LogP contribution is 2.30. The number of rotatable bonds is 3. The number of aromatic carboxylic acids is 1. The van der Waals surface area contributed by atoms with E-state index in [1.165, 1.54) is 0 Å². The summed E-state index contributed by atoms with van der Waals surface area (Å²) in [5, 5.41) is 8.93. The minimum atomic E-state index is -2.70. The van der Waals surface area contributed by atoms with Gasteiger partial charge in [-0.15, -0.1) is 0 Å². The van der Waals surface area contributed by atoms with Crippen LogP contribution < -0.4 is 0 Å². The monoisotopic (exact) mass is 391 g/mol. The number of nitrogens with zero attached hydrogens (tertiary/aromatic N) is 1. The summed E-state index contributed by atoms with van der Waals surface area (Å²) in [6, 6.07) is 0. The van der Waals surface area contributed by atoms with Crippen LogP contribution in [0.25, 0.3) is 0 Å². The minimum absolute atomic E-state index is 0.00736. The lowest BCUT2D eigenvalue weighted by molar-refractivity contribution is 0.0688. The predicted octanol–water partition coefficient (Wildman–Crippen LogP) is 3.22. The van der Waals surface area contributed by atoms with Gasteiger partial charge in [-0.3, -0.25) is 0 Å². The molecule has 0 amide bonds. The van der Waals surface area contributed by atoms with Crippen molar-refractivity contribution in [1.29, 1.82) is 0 Å². The van der Waals surface area contributed by atoms with Gasteiger partial charge in [-0.1, -0.05) is 15.9 Å². The van der Waals surface area contributed by atoms with Gasteiger partial charge in [0.25, 0.3) is 6.43 Å². The Morgan fingerprint density at radius 2 is 2.27 bits per heavy atom. The maximum absolute atomic E-state index is 12.7. The van der Waals surface area contributed by atoms with Gasteiger partial charge in [0.05, 0.1) is 3.57 Å². The van der Waals surface area contributed by atoms with E-state index in [-0.39, 0.29) is 20.2 Å². The maximum Gasteiger partial charge on any atom is 0.355 e. The molecule has 1 aromatic rings. The molecule has 15 heavy (non-hydrogen) atoms. The van der Waals surface area contributed by atoms with Gasteiger partial charge < -0.3 is 5.11 Å². The molecule has 0 aliphatic rings. The first-order valence-electron chi connectivity index (χ1n) is 3.73. The van der Waals surface area contributed by atoms with E-state index in [1.807, 2.05) is 0 Å². The fourth-order valence-electron chi connectivity index (χ4n) is 1.03. The molecule has 7 heteroatoms. The lowest BCUT2D eigenvalue weighted by atomic mass is 10.1. The van der Waals surface area contributed by atoms with Gasteiger partial charge in [0.15, 0.2) is 5.69 Å². The first-order valence-corrected chi connectivity index (χ1v) is 5.93. The first-order chi connectivity index (χ1) is 6.99. The summed E-state index contributed by atoms with van der Waals surface area (Å²) in [4.78, 5) is 14.3. The fourth-order valence-corrected chi connectivity index (χ4v) is 2.43. The second-order valence-electron chi connectivity index (χ2n) is 2.60. The Hall–Kier alpha value is -0.310. The standard InChI is InChI=1S/C8H5BrF2INO2/c9-1-3-2-13-6(8(14)15)5(12)4(3)7(10)11/h2,7H,1H2,(H,14,15). The Labute approximate surface area is 106 Å². The van der Waals surface area contributed by atoms with Crippen LogP contribution in [0.3, 0.4) is 0 Å². The van der Waals surface area contributed by atoms with Crippen molar-refractivity contribution < 1.29 is 18.7 Å². The maximum atomic E-state index is 12.7. The van der Waals surface area contributed by atoms with Gasteiger partial charge in [0.1, 0.15) is 0 Å². The molecule has 0 radical (unpaired) electrons. The minimum Gasteiger partial charge on any atom is -0.476 e. The van der Waals surface area contributed by atoms with Gasteiger partial charge in [-0.05, 0) is 28.2 Å². The molecule has 0 saturated carbocycles. The van der Waals surface area contributed by atoms with Crippen LogP contribution in [0.1, 0.15) is 28.0 Å². The molecular weight excluding hydrogens is 387 g/mol. The number of carboxylic acids is 1. The Kier molecular flexibility index (Phi) is 4.38. The van der Waals surface area contributed by atoms with E-state index in [2.05, 4.69) is 20.9 Å². The van der Waals surface area contributed by atoms with E-state index in [9.17, 15) is 13.6 Å². The highest BCUT2D eigenvalue weighted by molar-refractivity contribution is 14.1. The van der Waals surface area contributed by atoms with Gasteiger partial charge >= 0.3 is 5.97 Å². The summed E-state index contributed by atoms with van der Waals surface area (Å²) in [5.74, 6) is -1.30. The molecule has 0 aliphatic carbocycles. The number of alkyl halides is 3. The van der Waals surface area contributed by atoms with Crippen molar-refractivity contribution in [3.05, 3.63) is 26.6 Å². The van der Waals surface area contributed by atoms with Gasteiger partial charge in [0, 0.05) is 17.1 Å². The summed E-state index contributed by atoms with van der Waals surface area (Å²) in [7, 11) is 0. The number of halogens is 4. The van der Waals surface area contributed by atoms with Crippen LogP contribution in [0.5, 0.6) is 0 Å². The average molecular weight is 392 g/mol. The second-order valence-corrected chi connectivity index (χ2v) is 4.24. The summed E-state index contributed by atoms with van der Waals surface area (Å²) in [6.07, 6.45) is -1.55. The van der Waals surface area contributed by atoms with Crippen molar-refractivity contribution in [2.24, 2.45) is 0 Å². The molecule has 3 nitrogen and oxygen atoms in total. The van der Waals surface area contributed by atoms with E-state index in [4.69, 9.17) is 5.11 Å². The molecule has 0 aromatic carbocycles. The van der Waals surface area contributed by atoms with Crippen LogP contribution in [-0.2, 0) is 5.33 Å². The highest BCUT2D eigenvalue weighted by Gasteiger charge is 2.22. The first kappa shape index (κ1) is 12.8. The Morgan fingerprint density at radius 1 is 1.67 bits per heavy atom. The number of pyridine rings is 1. The average Bonchev–Trinajstić information content (AvgIpc) is 2.15. The Morgan fingerprint density at radius 3 is 2.67 bits per heavy atom. The third kappa shape index (κ3) is 2.63. The normalized spacial score (nSPS) is 10.7. The van der Waals surface area contributed by atoms with Crippen LogP contribution in [0.15, 0.2) is 6.20 Å². The van der Waals surface area contributed by atoms with Crippen molar-refractivity contribution in [3.8, 4) is 0 Å². The molecule has 0 atom stereocenters. The van der Waals surface area contributed by atoms with Crippen LogP contribution in [-0.4, -0.2) is 16.1 Å². The van der Waals surface area contributed by atoms with Gasteiger partial charge in [0.2, 0.25) is 0 Å². The van der Waals surface area contributed by atoms with Gasteiger partial charge in [-0.25, -0.2) is 18.6 Å². The molecule has 0 unspecified atom stereocenters. The summed E-state index contributed by atoms with van der Waals surface area (Å²) in [6.45, 7) is 0. The number of hydrogen-bond donors (Lipinski definition) is 1. The van der Waals surface area contributed by atoms with E-state index < -0.39 is 12.4 Å². The third-order valence-corrected chi connectivity index (χ3v) is 3.40. The van der Waals surface area contributed by atoms with Crippen molar-refractivity contribution >= 4 is 44.5 Å². The number of carboxylic acid groups (broad SMARTS) is 1. The smallest absolute Gasteiger partial charge is 0.355 e. The van der Waals surface area contributed by atoms with Gasteiger partial charge in [-0.2, -0.15) is 0 Å². The zero-order chi connectivity index (χ0) is 11.6. The van der Waals surface area contributed by atoms with Crippen molar-refractivity contribution in [1.82, 2.24) is 4.98 Å². The fraction of sp³-hybridized carbons (Fsp3) is 0.250. The number of aromatic nitrogens is 1. The lowest BCUT2D eigenvalue weighted by Gasteiger charge is -2.10. The molecule has 0 bridgehead atoms. The largest absolute Gasteiger partial charge is 0.476 e. The molecule has 0 saturated heterocycles. The predicted molar refractivity (Wildman–Crippen MR) is 61.5 cm³/mol. The molecule has 0 fully saturated rings. The second kappa shape index (κ2) is 5.15. The summed E-state index contributed by atoms with van der Waals surface area (Å²) in [5.41, 5.74) is -0.296. The molecule has 1 N–H and O–H groups in total. The molecule has 1 heterocycles. The summed E-state index contributed by atoms with van der Waals surface area (Å²) < 4.78 is 25.3. The topological polar surface area (TPSA) is 50.2 Å². The Balaban J connectivity index is 3.42. The van der Waals surface area contributed by atoms with E-state index >= 15 is 0 Å². The number of hydrogen-bond acceptors (Lipinski definition) is 2.